The summed E-state index contributed by atoms with van der Waals surface area (Å²) in [6.07, 6.45) is 1.61. The van der Waals surface area contributed by atoms with Crippen LogP contribution in [0, 0.1) is 12.7 Å². The predicted molar refractivity (Wildman–Crippen MR) is 109 cm³/mol. The number of rotatable bonds is 5. The Labute approximate surface area is 175 Å². The van der Waals surface area contributed by atoms with Crippen LogP contribution in [0.2, 0.25) is 0 Å². The summed E-state index contributed by atoms with van der Waals surface area (Å²) in [5, 5.41) is 6.98. The van der Waals surface area contributed by atoms with Gasteiger partial charge >= 0.3 is 0 Å². The zero-order chi connectivity index (χ0) is 21.5. The number of amides is 1. The van der Waals surface area contributed by atoms with Gasteiger partial charge in [-0.3, -0.25) is 9.48 Å². The lowest BCUT2D eigenvalue weighted by atomic mass is 10.1. The number of nitrogens with zero attached hydrogens (tertiary/aromatic N) is 2. The summed E-state index contributed by atoms with van der Waals surface area (Å²) in [7, 11) is 0. The molecular weight excluding hydrogens is 413 g/mol. The summed E-state index contributed by atoms with van der Waals surface area (Å²) in [4.78, 5) is 12.9. The summed E-state index contributed by atoms with van der Waals surface area (Å²) in [5.41, 5.74) is 8.22. The van der Waals surface area contributed by atoms with Gasteiger partial charge in [-0.2, -0.15) is 5.10 Å². The van der Waals surface area contributed by atoms with Crippen molar-refractivity contribution in [2.24, 2.45) is 5.73 Å². The van der Waals surface area contributed by atoms with Crippen molar-refractivity contribution in [2.75, 3.05) is 6.54 Å². The minimum absolute atomic E-state index is 0.113. The zero-order valence-electron chi connectivity index (χ0n) is 16.3. The Kier molecular flexibility index (Phi) is 5.42. The number of hydrogen-bond donors (Lipinski definition) is 2. The fourth-order valence-electron chi connectivity index (χ4n) is 3.71. The maximum absolute atomic E-state index is 14.7. The standard InChI is InChI=1S/C21H21F3N4OS/c1-12-11-26-28-6-5-21(23,24)19-16(18(12)28)9-17(30-19)20(29)27-15(10-25)8-13-3-2-4-14(22)7-13/h2-4,7,9,11,15H,5-6,8,10,25H2,1H3,(H,27,29)/t15-/m0/s1. The second-order valence-electron chi connectivity index (χ2n) is 7.45. The lowest BCUT2D eigenvalue weighted by molar-refractivity contribution is -0.0122. The molecule has 0 aliphatic carbocycles. The van der Waals surface area contributed by atoms with Gasteiger partial charge in [-0.25, -0.2) is 13.2 Å². The van der Waals surface area contributed by atoms with E-state index in [1.807, 2.05) is 6.92 Å². The molecule has 158 valence electrons. The number of aromatic nitrogens is 2. The Bertz CT molecular complexity index is 1090. The van der Waals surface area contributed by atoms with Gasteiger partial charge in [0, 0.05) is 31.1 Å². The first-order chi connectivity index (χ1) is 14.3. The lowest BCUT2D eigenvalue weighted by Crippen LogP contribution is -2.41. The third kappa shape index (κ3) is 3.87. The SMILES string of the molecule is Cc1cnn2c1-c1cc(C(=O)N[C@H](CN)Cc3cccc(F)c3)sc1C(F)(F)CC2. The molecule has 3 heterocycles. The van der Waals surface area contributed by atoms with Crippen LogP contribution in [0.15, 0.2) is 36.5 Å². The molecule has 0 saturated heterocycles. The van der Waals surface area contributed by atoms with Gasteiger partial charge in [-0.05, 0) is 42.7 Å². The Hall–Kier alpha value is -2.65. The molecule has 0 radical (unpaired) electrons. The average Bonchev–Trinajstić information content (AvgIpc) is 3.27. The van der Waals surface area contributed by atoms with E-state index in [1.54, 1.807) is 23.0 Å². The van der Waals surface area contributed by atoms with Gasteiger partial charge in [-0.1, -0.05) is 12.1 Å². The third-order valence-corrected chi connectivity index (χ3v) is 6.44. The molecule has 1 amide bonds. The summed E-state index contributed by atoms with van der Waals surface area (Å²) in [5.74, 6) is -3.88. The van der Waals surface area contributed by atoms with E-state index in [9.17, 15) is 18.0 Å². The number of benzene rings is 1. The number of nitrogens with one attached hydrogen (secondary N) is 1. The number of hydrogen-bond acceptors (Lipinski definition) is 4. The molecule has 5 nitrogen and oxygen atoms in total. The predicted octanol–water partition coefficient (Wildman–Crippen LogP) is 3.85. The van der Waals surface area contributed by atoms with Crippen LogP contribution in [-0.2, 0) is 18.9 Å². The molecule has 0 bridgehead atoms. The van der Waals surface area contributed by atoms with Crippen molar-refractivity contribution in [3.05, 3.63) is 63.2 Å². The van der Waals surface area contributed by atoms with E-state index in [1.165, 1.54) is 18.2 Å². The number of halogens is 3. The van der Waals surface area contributed by atoms with Crippen LogP contribution in [-0.4, -0.2) is 28.3 Å². The maximum Gasteiger partial charge on any atom is 0.284 e. The van der Waals surface area contributed by atoms with Crippen molar-refractivity contribution in [3.63, 3.8) is 0 Å². The monoisotopic (exact) mass is 434 g/mol. The molecule has 0 fully saturated rings. The van der Waals surface area contributed by atoms with Crippen molar-refractivity contribution in [2.45, 2.75) is 38.3 Å². The number of nitrogens with two attached hydrogens (primary N) is 1. The zero-order valence-corrected chi connectivity index (χ0v) is 17.1. The van der Waals surface area contributed by atoms with Crippen LogP contribution >= 0.6 is 11.3 Å². The molecule has 9 heteroatoms. The third-order valence-electron chi connectivity index (χ3n) is 5.19. The molecule has 3 aromatic rings. The average molecular weight is 434 g/mol. The Balaban J connectivity index is 1.61. The van der Waals surface area contributed by atoms with E-state index < -0.39 is 17.9 Å². The Morgan fingerprint density at radius 2 is 2.20 bits per heavy atom. The highest BCUT2D eigenvalue weighted by molar-refractivity contribution is 7.14. The van der Waals surface area contributed by atoms with Crippen LogP contribution in [0.25, 0.3) is 11.3 Å². The molecule has 0 saturated carbocycles. The minimum Gasteiger partial charge on any atom is -0.347 e. The highest BCUT2D eigenvalue weighted by atomic mass is 32.1. The number of aryl methyl sites for hydroxylation is 2. The molecule has 1 aromatic carbocycles. The van der Waals surface area contributed by atoms with Crippen LogP contribution in [0.1, 0.15) is 32.1 Å². The molecule has 2 aromatic heterocycles. The number of fused-ring (bicyclic) bond motifs is 3. The molecule has 0 spiro atoms. The largest absolute Gasteiger partial charge is 0.347 e. The van der Waals surface area contributed by atoms with Gasteiger partial charge in [0.05, 0.1) is 21.6 Å². The minimum atomic E-state index is -3.04. The second-order valence-corrected chi connectivity index (χ2v) is 8.50. The van der Waals surface area contributed by atoms with Gasteiger partial charge in [0.1, 0.15) is 5.82 Å². The van der Waals surface area contributed by atoms with E-state index in [-0.39, 0.29) is 35.1 Å². The van der Waals surface area contributed by atoms with Crippen LogP contribution in [0.5, 0.6) is 0 Å². The quantitative estimate of drug-likeness (QED) is 0.641. The highest BCUT2D eigenvalue weighted by Crippen LogP contribution is 2.46. The number of carbonyl (C=O) groups is 1. The van der Waals surface area contributed by atoms with Crippen LogP contribution < -0.4 is 11.1 Å². The summed E-state index contributed by atoms with van der Waals surface area (Å²) in [6, 6.07) is 7.11. The first-order valence-electron chi connectivity index (χ1n) is 9.59. The Morgan fingerprint density at radius 3 is 2.93 bits per heavy atom. The van der Waals surface area contributed by atoms with Crippen molar-refractivity contribution in [3.8, 4) is 11.3 Å². The van der Waals surface area contributed by atoms with E-state index in [0.717, 1.165) is 16.9 Å². The van der Waals surface area contributed by atoms with Crippen molar-refractivity contribution < 1.29 is 18.0 Å². The molecule has 1 aliphatic heterocycles. The van der Waals surface area contributed by atoms with Crippen LogP contribution in [0.4, 0.5) is 13.2 Å². The van der Waals surface area contributed by atoms with Gasteiger partial charge < -0.3 is 11.1 Å². The van der Waals surface area contributed by atoms with Crippen molar-refractivity contribution in [1.29, 1.82) is 0 Å². The smallest absolute Gasteiger partial charge is 0.284 e. The fourth-order valence-corrected chi connectivity index (χ4v) is 4.77. The summed E-state index contributed by atoms with van der Waals surface area (Å²) >= 11 is 0.797. The molecule has 30 heavy (non-hydrogen) atoms. The van der Waals surface area contributed by atoms with Gasteiger partial charge in [-0.15, -0.1) is 11.3 Å². The lowest BCUT2D eigenvalue weighted by Gasteiger charge is -2.16. The van der Waals surface area contributed by atoms with Gasteiger partial charge in [0.25, 0.3) is 11.8 Å². The highest BCUT2D eigenvalue weighted by Gasteiger charge is 2.40. The second kappa shape index (κ2) is 7.88. The van der Waals surface area contributed by atoms with E-state index >= 15 is 0 Å². The number of carbonyl (C=O) groups excluding carboxylic acids is 1. The fraction of sp³-hybridized carbons (Fsp3) is 0.333. The molecular formula is C21H21F3N4OS. The topological polar surface area (TPSA) is 72.9 Å². The normalized spacial score (nSPS) is 15.8. The summed E-state index contributed by atoms with van der Waals surface area (Å²) < 4.78 is 44.5. The van der Waals surface area contributed by atoms with Crippen molar-refractivity contribution >= 4 is 17.2 Å². The number of thiophene rings is 1. The Morgan fingerprint density at radius 1 is 1.40 bits per heavy atom. The molecule has 0 unspecified atom stereocenters. The first-order valence-corrected chi connectivity index (χ1v) is 10.4. The van der Waals surface area contributed by atoms with Crippen LogP contribution in [0.3, 0.4) is 0 Å². The first kappa shape index (κ1) is 20.6. The van der Waals surface area contributed by atoms with Gasteiger partial charge in [0.15, 0.2) is 0 Å². The molecule has 1 aliphatic rings. The maximum atomic E-state index is 14.7. The van der Waals surface area contributed by atoms with Crippen molar-refractivity contribution in [1.82, 2.24) is 15.1 Å². The van der Waals surface area contributed by atoms with E-state index in [2.05, 4.69) is 10.4 Å². The van der Waals surface area contributed by atoms with E-state index in [4.69, 9.17) is 5.73 Å². The number of alkyl halides is 2. The van der Waals surface area contributed by atoms with Gasteiger partial charge in [0.2, 0.25) is 0 Å². The molecule has 3 N–H and O–H groups in total. The summed E-state index contributed by atoms with van der Waals surface area (Å²) in [6.45, 7) is 2.06. The van der Waals surface area contributed by atoms with E-state index in [0.29, 0.717) is 23.2 Å². The molecule has 4 rings (SSSR count). The molecule has 1 atom stereocenters.